The number of rotatable bonds is 1. The van der Waals surface area contributed by atoms with Crippen molar-refractivity contribution in [2.75, 3.05) is 0 Å². The average molecular weight is 214 g/mol. The van der Waals surface area contributed by atoms with Crippen LogP contribution in [0.3, 0.4) is 0 Å². The summed E-state index contributed by atoms with van der Waals surface area (Å²) in [6, 6.07) is 10.7. The van der Waals surface area contributed by atoms with Gasteiger partial charge < -0.3 is 4.42 Å². The van der Waals surface area contributed by atoms with Crippen LogP contribution in [0.15, 0.2) is 41.0 Å². The van der Waals surface area contributed by atoms with Crippen molar-refractivity contribution < 1.29 is 4.42 Å². The Kier molecular flexibility index (Phi) is 2.63. The van der Waals surface area contributed by atoms with Crippen molar-refractivity contribution in [3.8, 4) is 11.1 Å². The second-order valence-electron chi connectivity index (χ2n) is 5.22. The molecule has 0 fully saturated rings. The van der Waals surface area contributed by atoms with E-state index in [1.165, 1.54) is 16.7 Å². The van der Waals surface area contributed by atoms with E-state index in [0.717, 1.165) is 5.76 Å². The third kappa shape index (κ3) is 2.04. The molecule has 0 saturated carbocycles. The summed E-state index contributed by atoms with van der Waals surface area (Å²) in [7, 11) is 0. The van der Waals surface area contributed by atoms with E-state index in [2.05, 4.69) is 45.0 Å². The quantitative estimate of drug-likeness (QED) is 0.678. The first kappa shape index (κ1) is 11.0. The Labute approximate surface area is 97.1 Å². The van der Waals surface area contributed by atoms with Gasteiger partial charge in [-0.25, -0.2) is 0 Å². The van der Waals surface area contributed by atoms with Crippen molar-refractivity contribution >= 4 is 0 Å². The summed E-state index contributed by atoms with van der Waals surface area (Å²) in [6.45, 7) is 8.69. The summed E-state index contributed by atoms with van der Waals surface area (Å²) in [5.41, 5.74) is 3.96. The van der Waals surface area contributed by atoms with E-state index < -0.39 is 0 Å². The minimum atomic E-state index is 0.188. The summed E-state index contributed by atoms with van der Waals surface area (Å²) in [5, 5.41) is 0. The topological polar surface area (TPSA) is 13.1 Å². The van der Waals surface area contributed by atoms with Crippen LogP contribution in [0.1, 0.15) is 32.1 Å². The van der Waals surface area contributed by atoms with Crippen LogP contribution in [0.4, 0.5) is 0 Å². The van der Waals surface area contributed by atoms with Crippen molar-refractivity contribution in [1.29, 1.82) is 0 Å². The highest BCUT2D eigenvalue weighted by Crippen LogP contribution is 2.29. The summed E-state index contributed by atoms with van der Waals surface area (Å²) in [5.74, 6) is 0.978. The first-order valence-electron chi connectivity index (χ1n) is 5.63. The van der Waals surface area contributed by atoms with Crippen LogP contribution in [0, 0.1) is 6.92 Å². The molecule has 0 saturated heterocycles. The van der Waals surface area contributed by atoms with Gasteiger partial charge in [-0.3, -0.25) is 0 Å². The molecule has 2 rings (SSSR count). The molecule has 0 atom stereocenters. The van der Waals surface area contributed by atoms with Gasteiger partial charge in [-0.15, -0.1) is 0 Å². The maximum Gasteiger partial charge on any atom is 0.108 e. The Hall–Kier alpha value is -1.50. The molecule has 0 N–H and O–H groups in total. The number of hydrogen-bond acceptors (Lipinski definition) is 1. The lowest BCUT2D eigenvalue weighted by atomic mass is 9.85. The summed E-state index contributed by atoms with van der Waals surface area (Å²) < 4.78 is 5.34. The van der Waals surface area contributed by atoms with Gasteiger partial charge in [0.05, 0.1) is 6.26 Å². The zero-order chi connectivity index (χ0) is 11.8. The first-order chi connectivity index (χ1) is 7.48. The van der Waals surface area contributed by atoms with Gasteiger partial charge in [-0.1, -0.05) is 45.0 Å². The second kappa shape index (κ2) is 3.82. The molecule has 84 valence electrons. The molecule has 0 aliphatic carbocycles. The number of furan rings is 1. The zero-order valence-electron chi connectivity index (χ0n) is 10.4. The Morgan fingerprint density at radius 2 is 1.81 bits per heavy atom. The highest BCUT2D eigenvalue weighted by molar-refractivity contribution is 5.66. The Morgan fingerprint density at radius 3 is 2.38 bits per heavy atom. The normalized spacial score (nSPS) is 11.8. The molecule has 0 radical (unpaired) electrons. The molecule has 0 amide bonds. The van der Waals surface area contributed by atoms with Gasteiger partial charge >= 0.3 is 0 Å². The molecule has 1 nitrogen and oxygen atoms in total. The molecular weight excluding hydrogens is 196 g/mol. The maximum atomic E-state index is 5.34. The van der Waals surface area contributed by atoms with Gasteiger partial charge in [0.15, 0.2) is 0 Å². The highest BCUT2D eigenvalue weighted by Gasteiger charge is 2.14. The van der Waals surface area contributed by atoms with Crippen molar-refractivity contribution in [2.45, 2.75) is 33.1 Å². The van der Waals surface area contributed by atoms with Crippen LogP contribution in [0.2, 0.25) is 0 Å². The van der Waals surface area contributed by atoms with E-state index in [9.17, 15) is 0 Å². The summed E-state index contributed by atoms with van der Waals surface area (Å²) in [4.78, 5) is 0. The average Bonchev–Trinajstić information content (AvgIpc) is 2.63. The number of benzene rings is 1. The fourth-order valence-corrected chi connectivity index (χ4v) is 1.84. The molecular formula is C15H18O. The van der Waals surface area contributed by atoms with Gasteiger partial charge in [0.25, 0.3) is 0 Å². The monoisotopic (exact) mass is 214 g/mol. The van der Waals surface area contributed by atoms with Crippen LogP contribution >= 0.6 is 0 Å². The maximum absolute atomic E-state index is 5.34. The van der Waals surface area contributed by atoms with E-state index in [0.29, 0.717) is 0 Å². The molecule has 2 aromatic rings. The Balaban J connectivity index is 2.49. The van der Waals surface area contributed by atoms with Gasteiger partial charge in [0.2, 0.25) is 0 Å². The van der Waals surface area contributed by atoms with Gasteiger partial charge in [0, 0.05) is 5.56 Å². The molecule has 0 unspecified atom stereocenters. The van der Waals surface area contributed by atoms with E-state index in [1.807, 2.05) is 13.0 Å². The largest absolute Gasteiger partial charge is 0.469 e. The molecule has 0 aliphatic heterocycles. The Morgan fingerprint density at radius 1 is 1.06 bits per heavy atom. The minimum absolute atomic E-state index is 0.188. The molecule has 16 heavy (non-hydrogen) atoms. The van der Waals surface area contributed by atoms with Gasteiger partial charge in [0.1, 0.15) is 5.76 Å². The van der Waals surface area contributed by atoms with Crippen LogP contribution in [0.5, 0.6) is 0 Å². The van der Waals surface area contributed by atoms with Crippen LogP contribution in [-0.4, -0.2) is 0 Å². The van der Waals surface area contributed by atoms with Gasteiger partial charge in [-0.2, -0.15) is 0 Å². The molecule has 1 heteroatoms. The van der Waals surface area contributed by atoms with Crippen molar-refractivity contribution in [3.63, 3.8) is 0 Å². The fourth-order valence-electron chi connectivity index (χ4n) is 1.84. The third-order valence-electron chi connectivity index (χ3n) is 2.90. The molecule has 1 aromatic heterocycles. The van der Waals surface area contributed by atoms with Crippen LogP contribution in [-0.2, 0) is 5.41 Å². The van der Waals surface area contributed by atoms with Crippen molar-refractivity contribution in [1.82, 2.24) is 0 Å². The van der Waals surface area contributed by atoms with E-state index in [1.54, 1.807) is 6.26 Å². The van der Waals surface area contributed by atoms with Crippen LogP contribution < -0.4 is 0 Å². The molecule has 1 aromatic carbocycles. The smallest absolute Gasteiger partial charge is 0.108 e. The number of aryl methyl sites for hydroxylation is 1. The highest BCUT2D eigenvalue weighted by atomic mass is 16.3. The minimum Gasteiger partial charge on any atom is -0.469 e. The van der Waals surface area contributed by atoms with E-state index in [4.69, 9.17) is 4.42 Å². The second-order valence-corrected chi connectivity index (χ2v) is 5.22. The lowest BCUT2D eigenvalue weighted by Crippen LogP contribution is -2.10. The summed E-state index contributed by atoms with van der Waals surface area (Å²) >= 11 is 0. The van der Waals surface area contributed by atoms with Crippen molar-refractivity contribution in [2.24, 2.45) is 0 Å². The molecule has 0 spiro atoms. The molecule has 1 heterocycles. The van der Waals surface area contributed by atoms with E-state index >= 15 is 0 Å². The molecule has 0 aliphatic rings. The van der Waals surface area contributed by atoms with Crippen molar-refractivity contribution in [3.05, 3.63) is 47.9 Å². The van der Waals surface area contributed by atoms with E-state index in [-0.39, 0.29) is 5.41 Å². The summed E-state index contributed by atoms with van der Waals surface area (Å²) in [6.07, 6.45) is 1.74. The lowest BCUT2D eigenvalue weighted by molar-refractivity contribution is 0.535. The van der Waals surface area contributed by atoms with Gasteiger partial charge in [-0.05, 0) is 29.5 Å². The lowest BCUT2D eigenvalue weighted by Gasteiger charge is -2.19. The predicted molar refractivity (Wildman–Crippen MR) is 67.6 cm³/mol. The third-order valence-corrected chi connectivity index (χ3v) is 2.90. The standard InChI is InChI=1S/C15H18O/c1-11-14(8-9-16-11)12-6-5-7-13(10-12)15(2,3)4/h5-10H,1-4H3. The SMILES string of the molecule is Cc1occc1-c1cccc(C(C)(C)C)c1. The fraction of sp³-hybridized carbons (Fsp3) is 0.333. The van der Waals surface area contributed by atoms with Crippen LogP contribution in [0.25, 0.3) is 11.1 Å². The predicted octanol–water partition coefficient (Wildman–Crippen LogP) is 4.55. The first-order valence-corrected chi connectivity index (χ1v) is 5.63. The molecule has 0 bridgehead atoms. The Bertz CT molecular complexity index is 486. The number of hydrogen-bond donors (Lipinski definition) is 0. The zero-order valence-corrected chi connectivity index (χ0v) is 10.4.